The second-order valence-corrected chi connectivity index (χ2v) is 7.90. The number of nitrogens with zero attached hydrogens (tertiary/aromatic N) is 1. The average Bonchev–Trinajstić information content (AvgIpc) is 2.61. The van der Waals surface area contributed by atoms with Crippen LogP contribution in [0.4, 0.5) is 5.69 Å². The van der Waals surface area contributed by atoms with Crippen molar-refractivity contribution >= 4 is 21.4 Å². The Hall–Kier alpha value is -1.40. The molecule has 2 saturated heterocycles. The van der Waals surface area contributed by atoms with Crippen molar-refractivity contribution in [2.45, 2.75) is 25.9 Å². The van der Waals surface area contributed by atoms with Crippen LogP contribution in [0.1, 0.15) is 11.1 Å². The molecule has 0 radical (unpaired) electrons. The third-order valence-electron chi connectivity index (χ3n) is 3.92. The topological polar surface area (TPSA) is 66.5 Å². The number of benzene rings is 1. The van der Waals surface area contributed by atoms with Crippen LogP contribution in [0.2, 0.25) is 0 Å². The number of amides is 1. The van der Waals surface area contributed by atoms with Crippen molar-refractivity contribution in [1.82, 2.24) is 5.32 Å². The van der Waals surface area contributed by atoms with Gasteiger partial charge in [-0.05, 0) is 37.1 Å². The number of anilines is 1. The Labute approximate surface area is 118 Å². The molecule has 0 spiro atoms. The zero-order chi connectivity index (χ0) is 14.5. The summed E-state index contributed by atoms with van der Waals surface area (Å²) in [5.74, 6) is 0.101. The Morgan fingerprint density at radius 3 is 2.45 bits per heavy atom. The third kappa shape index (κ3) is 2.33. The van der Waals surface area contributed by atoms with E-state index >= 15 is 0 Å². The molecule has 1 amide bonds. The Kier molecular flexibility index (Phi) is 3.10. The van der Waals surface area contributed by atoms with Gasteiger partial charge in [-0.3, -0.25) is 4.79 Å². The SMILES string of the molecule is Cc1cc(C)cc(N2C(=O)CN[C@@H]3CS(=O)(=O)C[C@@H]32)c1. The first kappa shape index (κ1) is 13.6. The number of sulfone groups is 1. The van der Waals surface area contributed by atoms with E-state index in [0.717, 1.165) is 16.8 Å². The highest BCUT2D eigenvalue weighted by Gasteiger charge is 2.46. The van der Waals surface area contributed by atoms with Gasteiger partial charge < -0.3 is 10.2 Å². The molecule has 2 aliphatic heterocycles. The molecule has 2 heterocycles. The van der Waals surface area contributed by atoms with Crippen LogP contribution in [0.5, 0.6) is 0 Å². The highest BCUT2D eigenvalue weighted by atomic mass is 32.2. The smallest absolute Gasteiger partial charge is 0.241 e. The van der Waals surface area contributed by atoms with Gasteiger partial charge in [-0.2, -0.15) is 0 Å². The summed E-state index contributed by atoms with van der Waals surface area (Å²) in [5.41, 5.74) is 2.95. The van der Waals surface area contributed by atoms with Crippen LogP contribution in [-0.4, -0.2) is 44.5 Å². The lowest BCUT2D eigenvalue weighted by molar-refractivity contribution is -0.119. The number of aryl methyl sites for hydroxylation is 2. The number of piperazine rings is 1. The Balaban J connectivity index is 2.03. The molecule has 2 atom stereocenters. The van der Waals surface area contributed by atoms with Crippen molar-refractivity contribution in [2.24, 2.45) is 0 Å². The van der Waals surface area contributed by atoms with E-state index < -0.39 is 9.84 Å². The fraction of sp³-hybridized carbons (Fsp3) is 0.500. The van der Waals surface area contributed by atoms with E-state index in [1.807, 2.05) is 32.0 Å². The number of nitrogens with one attached hydrogen (secondary N) is 1. The van der Waals surface area contributed by atoms with Crippen molar-refractivity contribution in [1.29, 1.82) is 0 Å². The summed E-state index contributed by atoms with van der Waals surface area (Å²) in [7, 11) is -3.07. The number of hydrogen-bond acceptors (Lipinski definition) is 4. The van der Waals surface area contributed by atoms with Crippen LogP contribution in [0, 0.1) is 13.8 Å². The fourth-order valence-corrected chi connectivity index (χ4v) is 5.12. The van der Waals surface area contributed by atoms with Gasteiger partial charge in [0.05, 0.1) is 24.1 Å². The normalized spacial score (nSPS) is 28.5. The average molecular weight is 294 g/mol. The van der Waals surface area contributed by atoms with Crippen LogP contribution < -0.4 is 10.2 Å². The second-order valence-electron chi connectivity index (χ2n) is 5.74. The number of hydrogen-bond donors (Lipinski definition) is 1. The molecule has 108 valence electrons. The van der Waals surface area contributed by atoms with E-state index in [-0.39, 0.29) is 36.0 Å². The van der Waals surface area contributed by atoms with Gasteiger partial charge in [0.2, 0.25) is 5.91 Å². The van der Waals surface area contributed by atoms with Gasteiger partial charge in [-0.1, -0.05) is 6.07 Å². The summed E-state index contributed by atoms with van der Waals surface area (Å²) in [6.45, 7) is 4.15. The maximum absolute atomic E-state index is 12.2. The van der Waals surface area contributed by atoms with E-state index in [1.54, 1.807) is 4.90 Å². The van der Waals surface area contributed by atoms with Crippen molar-refractivity contribution < 1.29 is 13.2 Å². The van der Waals surface area contributed by atoms with E-state index in [9.17, 15) is 13.2 Å². The van der Waals surface area contributed by atoms with Crippen LogP contribution in [0.15, 0.2) is 18.2 Å². The number of carbonyl (C=O) groups excluding carboxylic acids is 1. The molecule has 0 saturated carbocycles. The Morgan fingerprint density at radius 1 is 1.15 bits per heavy atom. The maximum atomic E-state index is 12.2. The largest absolute Gasteiger partial charge is 0.306 e. The van der Waals surface area contributed by atoms with Gasteiger partial charge in [0, 0.05) is 11.7 Å². The van der Waals surface area contributed by atoms with Crippen molar-refractivity contribution in [3.05, 3.63) is 29.3 Å². The quantitative estimate of drug-likeness (QED) is 0.814. The molecular weight excluding hydrogens is 276 g/mol. The molecule has 0 aliphatic carbocycles. The minimum atomic E-state index is -3.07. The lowest BCUT2D eigenvalue weighted by Crippen LogP contribution is -2.60. The summed E-state index contributed by atoms with van der Waals surface area (Å²) < 4.78 is 23.7. The van der Waals surface area contributed by atoms with Crippen molar-refractivity contribution in [3.8, 4) is 0 Å². The fourth-order valence-electron chi connectivity index (χ4n) is 3.19. The van der Waals surface area contributed by atoms with Crippen LogP contribution in [0.25, 0.3) is 0 Å². The van der Waals surface area contributed by atoms with E-state index in [1.165, 1.54) is 0 Å². The zero-order valence-electron chi connectivity index (χ0n) is 11.6. The monoisotopic (exact) mass is 294 g/mol. The summed E-state index contributed by atoms with van der Waals surface area (Å²) in [6.07, 6.45) is 0. The van der Waals surface area contributed by atoms with E-state index in [4.69, 9.17) is 0 Å². The van der Waals surface area contributed by atoms with Gasteiger partial charge in [0.15, 0.2) is 9.84 Å². The minimum Gasteiger partial charge on any atom is -0.306 e. The molecule has 0 unspecified atom stereocenters. The first-order valence-electron chi connectivity index (χ1n) is 6.70. The summed E-state index contributed by atoms with van der Waals surface area (Å²) in [6, 6.07) is 5.48. The molecule has 20 heavy (non-hydrogen) atoms. The summed E-state index contributed by atoms with van der Waals surface area (Å²) >= 11 is 0. The summed E-state index contributed by atoms with van der Waals surface area (Å²) in [5, 5.41) is 3.05. The van der Waals surface area contributed by atoms with Crippen molar-refractivity contribution in [2.75, 3.05) is 23.0 Å². The van der Waals surface area contributed by atoms with Crippen LogP contribution in [0.3, 0.4) is 0 Å². The van der Waals surface area contributed by atoms with E-state index in [2.05, 4.69) is 5.32 Å². The molecule has 6 heteroatoms. The van der Waals surface area contributed by atoms with Gasteiger partial charge in [0.1, 0.15) is 0 Å². The van der Waals surface area contributed by atoms with Crippen molar-refractivity contribution in [3.63, 3.8) is 0 Å². The molecule has 3 rings (SSSR count). The number of fused-ring (bicyclic) bond motifs is 1. The second kappa shape index (κ2) is 4.56. The van der Waals surface area contributed by atoms with Gasteiger partial charge in [-0.25, -0.2) is 8.42 Å². The Morgan fingerprint density at radius 2 is 1.80 bits per heavy atom. The highest BCUT2D eigenvalue weighted by Crippen LogP contribution is 2.28. The first-order chi connectivity index (χ1) is 9.35. The predicted molar refractivity (Wildman–Crippen MR) is 77.6 cm³/mol. The molecule has 1 N–H and O–H groups in total. The van der Waals surface area contributed by atoms with E-state index in [0.29, 0.717) is 0 Å². The molecule has 1 aromatic rings. The molecule has 1 aromatic carbocycles. The standard InChI is InChI=1S/C14H18N2O3S/c1-9-3-10(2)5-11(4-9)16-13-8-20(18,19)7-12(13)15-6-14(16)17/h3-5,12-13,15H,6-8H2,1-2H3/t12-,13+/m1/s1. The molecule has 0 aromatic heterocycles. The van der Waals surface area contributed by atoms with Gasteiger partial charge in [-0.15, -0.1) is 0 Å². The van der Waals surface area contributed by atoms with Crippen LogP contribution in [-0.2, 0) is 14.6 Å². The molecule has 5 nitrogen and oxygen atoms in total. The maximum Gasteiger partial charge on any atom is 0.241 e. The third-order valence-corrected chi connectivity index (χ3v) is 5.64. The summed E-state index contributed by atoms with van der Waals surface area (Å²) in [4.78, 5) is 13.9. The van der Waals surface area contributed by atoms with Gasteiger partial charge >= 0.3 is 0 Å². The lowest BCUT2D eigenvalue weighted by Gasteiger charge is -2.37. The highest BCUT2D eigenvalue weighted by molar-refractivity contribution is 7.91. The number of rotatable bonds is 1. The molecule has 2 aliphatic rings. The molecule has 2 fully saturated rings. The molecular formula is C14H18N2O3S. The Bertz CT molecular complexity index is 649. The lowest BCUT2D eigenvalue weighted by atomic mass is 10.0. The zero-order valence-corrected chi connectivity index (χ0v) is 12.4. The van der Waals surface area contributed by atoms with Gasteiger partial charge in [0.25, 0.3) is 0 Å². The number of carbonyl (C=O) groups is 1. The molecule has 0 bridgehead atoms. The predicted octanol–water partition coefficient (Wildman–Crippen LogP) is 0.405. The first-order valence-corrected chi connectivity index (χ1v) is 8.52. The minimum absolute atomic E-state index is 0.0450. The van der Waals surface area contributed by atoms with Crippen LogP contribution >= 0.6 is 0 Å².